The molecule has 1 amide bonds. The molecule has 2 bridgehead atoms. The standard InChI is InChI=1S/C16H28N2O/c1-2-7-18-16(19)6-8-17-15-10-11-9-14(15)13-5-3-4-12(11)13/h11-15,17H,2-10H2,1H3,(H,18,19). The lowest BCUT2D eigenvalue weighted by molar-refractivity contribution is -0.121. The Morgan fingerprint density at radius 2 is 1.95 bits per heavy atom. The van der Waals surface area contributed by atoms with Crippen LogP contribution in [0, 0.1) is 23.7 Å². The number of rotatable bonds is 6. The Bertz CT molecular complexity index is 331. The molecule has 0 radical (unpaired) electrons. The Hall–Kier alpha value is -0.570. The number of hydrogen-bond acceptors (Lipinski definition) is 2. The predicted octanol–water partition coefficient (Wildman–Crippen LogP) is 2.32. The van der Waals surface area contributed by atoms with Crippen molar-refractivity contribution in [1.82, 2.24) is 10.6 Å². The molecule has 108 valence electrons. The number of fused-ring (bicyclic) bond motifs is 5. The van der Waals surface area contributed by atoms with E-state index in [1.165, 1.54) is 32.1 Å². The molecule has 5 atom stereocenters. The van der Waals surface area contributed by atoms with Gasteiger partial charge in [-0.25, -0.2) is 0 Å². The number of nitrogens with one attached hydrogen (secondary N) is 2. The normalized spacial score (nSPS) is 39.5. The van der Waals surface area contributed by atoms with E-state index in [1.807, 2.05) is 0 Å². The Labute approximate surface area is 116 Å². The molecule has 3 saturated carbocycles. The zero-order chi connectivity index (χ0) is 13.2. The van der Waals surface area contributed by atoms with Crippen LogP contribution in [-0.2, 0) is 4.79 Å². The zero-order valence-electron chi connectivity index (χ0n) is 12.2. The van der Waals surface area contributed by atoms with Crippen LogP contribution >= 0.6 is 0 Å². The molecule has 0 spiro atoms. The lowest BCUT2D eigenvalue weighted by atomic mass is 9.79. The molecular weight excluding hydrogens is 236 g/mol. The lowest BCUT2D eigenvalue weighted by Crippen LogP contribution is -2.40. The molecule has 19 heavy (non-hydrogen) atoms. The Kier molecular flexibility index (Phi) is 4.11. The first-order chi connectivity index (χ1) is 9.29. The first-order valence-electron chi connectivity index (χ1n) is 8.29. The maximum atomic E-state index is 11.6. The first-order valence-corrected chi connectivity index (χ1v) is 8.29. The molecule has 5 unspecified atom stereocenters. The molecule has 0 aliphatic heterocycles. The van der Waals surface area contributed by atoms with Crippen molar-refractivity contribution in [2.75, 3.05) is 13.1 Å². The molecule has 3 aliphatic rings. The molecule has 3 aliphatic carbocycles. The average Bonchev–Trinajstić information content (AvgIpc) is 3.07. The lowest BCUT2D eigenvalue weighted by Gasteiger charge is -2.32. The minimum atomic E-state index is 0.205. The monoisotopic (exact) mass is 264 g/mol. The SMILES string of the molecule is CCCNC(=O)CCNC1CC2CC1C1CCCC21. The summed E-state index contributed by atoms with van der Waals surface area (Å²) in [5, 5.41) is 6.62. The summed E-state index contributed by atoms with van der Waals surface area (Å²) in [5.74, 6) is 4.22. The van der Waals surface area contributed by atoms with Gasteiger partial charge in [-0.05, 0) is 55.8 Å². The van der Waals surface area contributed by atoms with Crippen molar-refractivity contribution in [1.29, 1.82) is 0 Å². The fraction of sp³-hybridized carbons (Fsp3) is 0.938. The van der Waals surface area contributed by atoms with Crippen molar-refractivity contribution in [2.45, 2.75) is 57.9 Å². The fourth-order valence-electron chi connectivity index (χ4n) is 5.03. The van der Waals surface area contributed by atoms with E-state index in [1.54, 1.807) is 0 Å². The van der Waals surface area contributed by atoms with Gasteiger partial charge in [-0.2, -0.15) is 0 Å². The number of amides is 1. The fourth-order valence-corrected chi connectivity index (χ4v) is 5.03. The second-order valence-corrected chi connectivity index (χ2v) is 6.81. The van der Waals surface area contributed by atoms with E-state index in [0.29, 0.717) is 12.5 Å². The number of hydrogen-bond donors (Lipinski definition) is 2. The van der Waals surface area contributed by atoms with Crippen LogP contribution in [-0.4, -0.2) is 25.0 Å². The van der Waals surface area contributed by atoms with Gasteiger partial charge in [0.2, 0.25) is 5.91 Å². The van der Waals surface area contributed by atoms with Gasteiger partial charge in [0.25, 0.3) is 0 Å². The van der Waals surface area contributed by atoms with E-state index in [-0.39, 0.29) is 5.91 Å². The highest BCUT2D eigenvalue weighted by molar-refractivity contribution is 5.75. The second-order valence-electron chi connectivity index (χ2n) is 6.81. The summed E-state index contributed by atoms with van der Waals surface area (Å²) in [5.41, 5.74) is 0. The Balaban J connectivity index is 1.39. The zero-order valence-corrected chi connectivity index (χ0v) is 12.2. The van der Waals surface area contributed by atoms with E-state index in [0.717, 1.165) is 43.2 Å². The van der Waals surface area contributed by atoms with Crippen molar-refractivity contribution < 1.29 is 4.79 Å². The smallest absolute Gasteiger partial charge is 0.221 e. The van der Waals surface area contributed by atoms with Gasteiger partial charge in [-0.1, -0.05) is 13.3 Å². The third kappa shape index (κ3) is 2.67. The third-order valence-electron chi connectivity index (χ3n) is 5.76. The molecular formula is C16H28N2O. The van der Waals surface area contributed by atoms with Gasteiger partial charge in [0, 0.05) is 25.6 Å². The molecule has 2 N–H and O–H groups in total. The molecule has 0 saturated heterocycles. The van der Waals surface area contributed by atoms with Crippen LogP contribution in [0.3, 0.4) is 0 Å². The van der Waals surface area contributed by atoms with Gasteiger partial charge in [-0.3, -0.25) is 4.79 Å². The van der Waals surface area contributed by atoms with E-state index in [2.05, 4.69) is 17.6 Å². The van der Waals surface area contributed by atoms with Crippen LogP contribution in [0.5, 0.6) is 0 Å². The summed E-state index contributed by atoms with van der Waals surface area (Å²) in [4.78, 5) is 11.6. The maximum Gasteiger partial charge on any atom is 0.221 e. The van der Waals surface area contributed by atoms with Crippen LogP contribution in [0.1, 0.15) is 51.9 Å². The van der Waals surface area contributed by atoms with Crippen molar-refractivity contribution in [3.05, 3.63) is 0 Å². The highest BCUT2D eigenvalue weighted by Crippen LogP contribution is 2.58. The van der Waals surface area contributed by atoms with Crippen molar-refractivity contribution in [3.63, 3.8) is 0 Å². The van der Waals surface area contributed by atoms with Crippen LogP contribution in [0.25, 0.3) is 0 Å². The van der Waals surface area contributed by atoms with Crippen LogP contribution in [0.4, 0.5) is 0 Å². The van der Waals surface area contributed by atoms with Gasteiger partial charge < -0.3 is 10.6 Å². The minimum absolute atomic E-state index is 0.205. The molecule has 3 heteroatoms. The quantitative estimate of drug-likeness (QED) is 0.773. The van der Waals surface area contributed by atoms with E-state index < -0.39 is 0 Å². The van der Waals surface area contributed by atoms with Crippen LogP contribution in [0.15, 0.2) is 0 Å². The van der Waals surface area contributed by atoms with E-state index in [4.69, 9.17) is 0 Å². The molecule has 0 aromatic carbocycles. The number of carbonyl (C=O) groups excluding carboxylic acids is 1. The summed E-state index contributed by atoms with van der Waals surface area (Å²) >= 11 is 0. The summed E-state index contributed by atoms with van der Waals surface area (Å²) in [6.45, 7) is 3.77. The second kappa shape index (κ2) is 5.82. The van der Waals surface area contributed by atoms with Crippen LogP contribution < -0.4 is 10.6 Å². The largest absolute Gasteiger partial charge is 0.356 e. The van der Waals surface area contributed by atoms with Gasteiger partial charge in [-0.15, -0.1) is 0 Å². The van der Waals surface area contributed by atoms with Crippen molar-refractivity contribution in [3.8, 4) is 0 Å². The third-order valence-corrected chi connectivity index (χ3v) is 5.76. The van der Waals surface area contributed by atoms with E-state index >= 15 is 0 Å². The Morgan fingerprint density at radius 1 is 1.11 bits per heavy atom. The highest BCUT2D eigenvalue weighted by atomic mass is 16.1. The van der Waals surface area contributed by atoms with E-state index in [9.17, 15) is 4.79 Å². The van der Waals surface area contributed by atoms with Crippen molar-refractivity contribution in [2.24, 2.45) is 23.7 Å². The summed E-state index contributed by atoms with van der Waals surface area (Å²) in [6, 6.07) is 0.711. The minimum Gasteiger partial charge on any atom is -0.356 e. The molecule has 0 aromatic heterocycles. The predicted molar refractivity (Wildman–Crippen MR) is 76.8 cm³/mol. The Morgan fingerprint density at radius 3 is 2.79 bits per heavy atom. The summed E-state index contributed by atoms with van der Waals surface area (Å²) < 4.78 is 0. The summed E-state index contributed by atoms with van der Waals surface area (Å²) in [6.07, 6.45) is 8.95. The van der Waals surface area contributed by atoms with Gasteiger partial charge >= 0.3 is 0 Å². The maximum absolute atomic E-state index is 11.6. The topological polar surface area (TPSA) is 41.1 Å². The summed E-state index contributed by atoms with van der Waals surface area (Å²) in [7, 11) is 0. The molecule has 3 nitrogen and oxygen atoms in total. The molecule has 0 heterocycles. The van der Waals surface area contributed by atoms with Gasteiger partial charge in [0.15, 0.2) is 0 Å². The van der Waals surface area contributed by atoms with Gasteiger partial charge in [0.1, 0.15) is 0 Å². The first kappa shape index (κ1) is 13.4. The van der Waals surface area contributed by atoms with Crippen LogP contribution in [0.2, 0.25) is 0 Å². The molecule has 3 rings (SSSR count). The van der Waals surface area contributed by atoms with Gasteiger partial charge in [0.05, 0.1) is 0 Å². The highest BCUT2D eigenvalue weighted by Gasteiger charge is 2.53. The average molecular weight is 264 g/mol. The van der Waals surface area contributed by atoms with Crippen molar-refractivity contribution >= 4 is 5.91 Å². The number of carbonyl (C=O) groups is 1. The molecule has 0 aromatic rings. The molecule has 3 fully saturated rings.